The Balaban J connectivity index is 1.97. The summed E-state index contributed by atoms with van der Waals surface area (Å²) >= 11 is 0. The van der Waals surface area contributed by atoms with E-state index in [1.54, 1.807) is 7.05 Å². The first-order chi connectivity index (χ1) is 17.5. The number of likely N-dealkylation sites (tertiary alicyclic amines) is 1. The fourth-order valence-electron chi connectivity index (χ4n) is 4.74. The average molecular weight is 535 g/mol. The molecule has 4 N–H and O–H groups in total. The van der Waals surface area contributed by atoms with Gasteiger partial charge in [0.25, 0.3) is 11.8 Å². The van der Waals surface area contributed by atoms with E-state index in [0.29, 0.717) is 25.1 Å². The second-order valence-electron chi connectivity index (χ2n) is 9.47. The molecular formula is C25H38N6O5S. The van der Waals surface area contributed by atoms with Crippen molar-refractivity contribution in [3.8, 4) is 5.75 Å². The number of sulfonamides is 1. The summed E-state index contributed by atoms with van der Waals surface area (Å²) in [5.74, 6) is -1.12. The molecule has 1 fully saturated rings. The zero-order chi connectivity index (χ0) is 27.3. The summed E-state index contributed by atoms with van der Waals surface area (Å²) in [5, 5.41) is 7.08. The standard InChI is InChI=1S/C25H38N6O5S/c1-6-9-19-22(23(24(26)32)31(5)28-19)27-25(33)18-15-17(11-12-21(18)36-14-7-2)37(34,35)29-16(3)20-10-8-13-30(20)4/h11-12,15-16,20,29H,6-10,13-14H2,1-5H3,(H2,26,32)(H,27,33). The van der Waals surface area contributed by atoms with E-state index in [2.05, 4.69) is 20.0 Å². The molecule has 11 nitrogen and oxygen atoms in total. The molecule has 2 atom stereocenters. The molecule has 0 spiro atoms. The maximum Gasteiger partial charge on any atom is 0.269 e. The van der Waals surface area contributed by atoms with Gasteiger partial charge in [-0.1, -0.05) is 20.3 Å². The maximum atomic E-state index is 13.5. The number of ether oxygens (including phenoxy) is 1. The van der Waals surface area contributed by atoms with E-state index in [1.807, 2.05) is 27.8 Å². The molecule has 1 aromatic carbocycles. The average Bonchev–Trinajstić information content (AvgIpc) is 3.40. The second-order valence-corrected chi connectivity index (χ2v) is 11.2. The molecule has 1 aliphatic heterocycles. The van der Waals surface area contributed by atoms with E-state index < -0.39 is 21.8 Å². The second kappa shape index (κ2) is 12.1. The number of amides is 2. The van der Waals surface area contributed by atoms with Crippen molar-refractivity contribution in [2.75, 3.05) is 25.5 Å². The van der Waals surface area contributed by atoms with Gasteiger partial charge in [-0.3, -0.25) is 14.3 Å². The van der Waals surface area contributed by atoms with Crippen LogP contribution in [0.5, 0.6) is 5.75 Å². The highest BCUT2D eigenvalue weighted by molar-refractivity contribution is 7.89. The third-order valence-corrected chi connectivity index (χ3v) is 8.10. The van der Waals surface area contributed by atoms with Gasteiger partial charge < -0.3 is 20.7 Å². The van der Waals surface area contributed by atoms with Gasteiger partial charge >= 0.3 is 0 Å². The number of aromatic nitrogens is 2. The monoisotopic (exact) mass is 534 g/mol. The van der Waals surface area contributed by atoms with Crippen LogP contribution in [-0.2, 0) is 23.5 Å². The number of primary amides is 1. The summed E-state index contributed by atoms with van der Waals surface area (Å²) in [6.45, 7) is 6.99. The quantitative estimate of drug-likeness (QED) is 0.378. The molecule has 2 aromatic rings. The number of hydrogen-bond acceptors (Lipinski definition) is 7. The predicted octanol–water partition coefficient (Wildman–Crippen LogP) is 2.27. The van der Waals surface area contributed by atoms with Gasteiger partial charge in [0.2, 0.25) is 10.0 Å². The van der Waals surface area contributed by atoms with Gasteiger partial charge in [-0.05, 0) is 64.4 Å². The van der Waals surface area contributed by atoms with Gasteiger partial charge in [-0.2, -0.15) is 5.10 Å². The van der Waals surface area contributed by atoms with E-state index in [0.717, 1.165) is 25.8 Å². The third kappa shape index (κ3) is 6.49. The third-order valence-electron chi connectivity index (χ3n) is 6.54. The van der Waals surface area contributed by atoms with E-state index in [1.165, 1.54) is 22.9 Å². The highest BCUT2D eigenvalue weighted by atomic mass is 32.2. The number of rotatable bonds is 12. The number of nitrogens with two attached hydrogens (primary N) is 1. The Morgan fingerprint density at radius 1 is 1.24 bits per heavy atom. The van der Waals surface area contributed by atoms with Crippen LogP contribution >= 0.6 is 0 Å². The molecule has 2 heterocycles. The number of nitrogens with one attached hydrogen (secondary N) is 2. The van der Waals surface area contributed by atoms with Crippen LogP contribution in [0.2, 0.25) is 0 Å². The number of hydrogen-bond donors (Lipinski definition) is 3. The number of carbonyl (C=O) groups excluding carboxylic acids is 2. The highest BCUT2D eigenvalue weighted by Gasteiger charge is 2.31. The zero-order valence-electron chi connectivity index (χ0n) is 22.2. The summed E-state index contributed by atoms with van der Waals surface area (Å²) in [6.07, 6.45) is 3.87. The lowest BCUT2D eigenvalue weighted by molar-refractivity contribution is 0.0992. The van der Waals surface area contributed by atoms with Gasteiger partial charge in [-0.15, -0.1) is 0 Å². The Labute approximate surface area is 218 Å². The summed E-state index contributed by atoms with van der Waals surface area (Å²) in [6, 6.07) is 4.00. The predicted molar refractivity (Wildman–Crippen MR) is 141 cm³/mol. The summed E-state index contributed by atoms with van der Waals surface area (Å²) in [5.41, 5.74) is 6.38. The van der Waals surface area contributed by atoms with Crippen LogP contribution in [0.1, 0.15) is 73.0 Å². The molecule has 1 aromatic heterocycles. The number of nitrogens with zero attached hydrogens (tertiary/aromatic N) is 3. The normalized spacial score (nSPS) is 17.1. The number of carbonyl (C=O) groups is 2. The van der Waals surface area contributed by atoms with Gasteiger partial charge in [0.1, 0.15) is 11.4 Å². The fraction of sp³-hybridized carbons (Fsp3) is 0.560. The Morgan fingerprint density at radius 2 is 1.97 bits per heavy atom. The molecule has 12 heteroatoms. The first-order valence-electron chi connectivity index (χ1n) is 12.7. The van der Waals surface area contributed by atoms with Crippen LogP contribution in [0.15, 0.2) is 23.1 Å². The number of aryl methyl sites for hydroxylation is 2. The van der Waals surface area contributed by atoms with E-state index in [9.17, 15) is 18.0 Å². The molecular weight excluding hydrogens is 496 g/mol. The highest BCUT2D eigenvalue weighted by Crippen LogP contribution is 2.28. The number of benzene rings is 1. The summed E-state index contributed by atoms with van der Waals surface area (Å²) in [4.78, 5) is 27.7. The topological polar surface area (TPSA) is 149 Å². The van der Waals surface area contributed by atoms with Crippen LogP contribution in [0.4, 0.5) is 5.69 Å². The van der Waals surface area contributed by atoms with Crippen molar-refractivity contribution in [1.82, 2.24) is 19.4 Å². The largest absolute Gasteiger partial charge is 0.493 e. The Hall–Kier alpha value is -2.96. The molecule has 2 unspecified atom stereocenters. The maximum absolute atomic E-state index is 13.5. The SMILES string of the molecule is CCCOc1ccc(S(=O)(=O)NC(C)C2CCCN2C)cc1C(=O)Nc1c(CCC)nn(C)c1C(N)=O. The van der Waals surface area contributed by atoms with Crippen molar-refractivity contribution in [1.29, 1.82) is 0 Å². The Bertz CT molecular complexity index is 1240. The van der Waals surface area contributed by atoms with Gasteiger partial charge in [-0.25, -0.2) is 13.1 Å². The molecule has 2 amide bonds. The van der Waals surface area contributed by atoms with Gasteiger partial charge in [0.15, 0.2) is 0 Å². The van der Waals surface area contributed by atoms with E-state index in [4.69, 9.17) is 10.5 Å². The lowest BCUT2D eigenvalue weighted by Crippen LogP contribution is -2.46. The van der Waals surface area contributed by atoms with Crippen LogP contribution in [0, 0.1) is 0 Å². The molecule has 0 bridgehead atoms. The fourth-order valence-corrected chi connectivity index (χ4v) is 6.04. The van der Waals surface area contributed by atoms with Crippen molar-refractivity contribution in [2.24, 2.45) is 12.8 Å². The van der Waals surface area contributed by atoms with Crippen molar-refractivity contribution < 1.29 is 22.7 Å². The summed E-state index contributed by atoms with van der Waals surface area (Å²) < 4.78 is 36.4. The van der Waals surface area contributed by atoms with Gasteiger partial charge in [0, 0.05) is 19.1 Å². The van der Waals surface area contributed by atoms with Crippen molar-refractivity contribution in [3.05, 3.63) is 35.2 Å². The van der Waals surface area contributed by atoms with Crippen molar-refractivity contribution in [2.45, 2.75) is 69.9 Å². The Kier molecular flexibility index (Phi) is 9.32. The molecule has 37 heavy (non-hydrogen) atoms. The molecule has 1 aliphatic rings. The van der Waals surface area contributed by atoms with Crippen molar-refractivity contribution >= 4 is 27.5 Å². The molecule has 3 rings (SSSR count). The molecule has 0 saturated carbocycles. The zero-order valence-corrected chi connectivity index (χ0v) is 23.0. The lowest BCUT2D eigenvalue weighted by Gasteiger charge is -2.26. The number of anilines is 1. The molecule has 1 saturated heterocycles. The minimum atomic E-state index is -3.92. The van der Waals surface area contributed by atoms with Crippen LogP contribution in [0.3, 0.4) is 0 Å². The molecule has 204 valence electrons. The van der Waals surface area contributed by atoms with E-state index >= 15 is 0 Å². The van der Waals surface area contributed by atoms with Crippen LogP contribution < -0.4 is 20.5 Å². The smallest absolute Gasteiger partial charge is 0.269 e. The molecule has 0 aliphatic carbocycles. The Morgan fingerprint density at radius 3 is 2.57 bits per heavy atom. The first-order valence-corrected chi connectivity index (χ1v) is 14.1. The van der Waals surface area contributed by atoms with E-state index in [-0.39, 0.29) is 39.7 Å². The lowest BCUT2D eigenvalue weighted by atomic mass is 10.1. The van der Waals surface area contributed by atoms with Crippen LogP contribution in [0.25, 0.3) is 0 Å². The van der Waals surface area contributed by atoms with Gasteiger partial charge in [0.05, 0.1) is 28.4 Å². The number of likely N-dealkylation sites (N-methyl/N-ethyl adjacent to an activating group) is 1. The van der Waals surface area contributed by atoms with Crippen molar-refractivity contribution in [3.63, 3.8) is 0 Å². The minimum Gasteiger partial charge on any atom is -0.493 e. The summed E-state index contributed by atoms with van der Waals surface area (Å²) in [7, 11) is -0.365. The van der Waals surface area contributed by atoms with Crippen LogP contribution in [-0.4, -0.2) is 67.2 Å². The molecule has 0 radical (unpaired) electrons. The minimum absolute atomic E-state index is 0.0312. The first kappa shape index (κ1) is 28.6.